The van der Waals surface area contributed by atoms with Crippen molar-refractivity contribution in [2.45, 2.75) is 12.8 Å². The molecule has 6 heteroatoms. The Morgan fingerprint density at radius 3 is 2.86 bits per heavy atom. The summed E-state index contributed by atoms with van der Waals surface area (Å²) in [7, 11) is 0. The number of amides is 1. The molecule has 0 atom stereocenters. The quantitative estimate of drug-likeness (QED) is 0.552. The van der Waals surface area contributed by atoms with Gasteiger partial charge in [0, 0.05) is 12.0 Å². The lowest BCUT2D eigenvalue weighted by molar-refractivity contribution is -0.116. The zero-order valence-electron chi connectivity index (χ0n) is 7.08. The fraction of sp³-hybridized carbons (Fsp3) is 0.250. The van der Waals surface area contributed by atoms with E-state index in [4.69, 9.17) is 11.6 Å². The average molecular weight is 212 g/mol. The summed E-state index contributed by atoms with van der Waals surface area (Å²) in [5.74, 6) is 0.211. The Morgan fingerprint density at radius 2 is 2.14 bits per heavy atom. The monoisotopic (exact) mass is 211 g/mol. The van der Waals surface area contributed by atoms with Crippen LogP contribution in [0.15, 0.2) is 0 Å². The van der Waals surface area contributed by atoms with Gasteiger partial charge in [-0.15, -0.1) is 0 Å². The summed E-state index contributed by atoms with van der Waals surface area (Å²) in [6, 6.07) is 0. The minimum atomic E-state index is -0.121. The van der Waals surface area contributed by atoms with Crippen LogP contribution in [0.5, 0.6) is 0 Å². The highest BCUT2D eigenvalue weighted by atomic mass is 35.5. The summed E-state index contributed by atoms with van der Waals surface area (Å²) < 4.78 is 0. The van der Waals surface area contributed by atoms with Crippen molar-refractivity contribution in [3.05, 3.63) is 16.5 Å². The predicted molar refractivity (Wildman–Crippen MR) is 49.4 cm³/mol. The molecule has 0 spiro atoms. The van der Waals surface area contributed by atoms with Gasteiger partial charge in [-0.2, -0.15) is 0 Å². The van der Waals surface area contributed by atoms with Gasteiger partial charge in [-0.1, -0.05) is 11.6 Å². The summed E-state index contributed by atoms with van der Waals surface area (Å²) in [6.07, 6.45) is 1.38. The van der Waals surface area contributed by atoms with Gasteiger partial charge >= 0.3 is 0 Å². The Bertz CT molecular complexity index is 419. The van der Waals surface area contributed by atoms with Gasteiger partial charge in [-0.25, -0.2) is 9.97 Å². The SMILES string of the molecule is O=Cc1nc(Cl)c2c(n1)NC(=O)CC2. The molecule has 2 rings (SSSR count). The molecule has 0 bridgehead atoms. The molecular formula is C8H6ClN3O2. The van der Waals surface area contributed by atoms with Crippen LogP contribution < -0.4 is 5.32 Å². The first-order chi connectivity index (χ1) is 6.70. The molecule has 1 aliphatic rings. The maximum absolute atomic E-state index is 11.0. The first kappa shape index (κ1) is 9.08. The van der Waals surface area contributed by atoms with E-state index in [9.17, 15) is 9.59 Å². The van der Waals surface area contributed by atoms with Gasteiger partial charge in [0.1, 0.15) is 11.0 Å². The lowest BCUT2D eigenvalue weighted by Crippen LogP contribution is -2.21. The summed E-state index contributed by atoms with van der Waals surface area (Å²) >= 11 is 5.81. The second-order valence-electron chi connectivity index (χ2n) is 2.87. The Balaban J connectivity index is 2.53. The van der Waals surface area contributed by atoms with Crippen molar-refractivity contribution in [1.29, 1.82) is 0 Å². The van der Waals surface area contributed by atoms with Gasteiger partial charge in [0.2, 0.25) is 5.91 Å². The molecule has 0 unspecified atom stereocenters. The molecule has 5 nitrogen and oxygen atoms in total. The fourth-order valence-electron chi connectivity index (χ4n) is 1.28. The van der Waals surface area contributed by atoms with Crippen molar-refractivity contribution in [3.63, 3.8) is 0 Å². The first-order valence-electron chi connectivity index (χ1n) is 4.02. The molecule has 2 heterocycles. The number of nitrogens with zero attached hydrogens (tertiary/aromatic N) is 2. The molecule has 0 saturated carbocycles. The number of carbonyl (C=O) groups is 2. The number of halogens is 1. The maximum atomic E-state index is 11.0. The Kier molecular flexibility index (Phi) is 2.17. The van der Waals surface area contributed by atoms with E-state index in [1.165, 1.54) is 0 Å². The molecule has 0 aromatic carbocycles. The normalized spacial score (nSPS) is 14.5. The number of nitrogens with one attached hydrogen (secondary N) is 1. The van der Waals surface area contributed by atoms with Gasteiger partial charge in [-0.3, -0.25) is 9.59 Å². The van der Waals surface area contributed by atoms with Crippen LogP contribution in [0.25, 0.3) is 0 Å². The molecule has 1 aliphatic heterocycles. The van der Waals surface area contributed by atoms with Gasteiger partial charge in [0.25, 0.3) is 0 Å². The van der Waals surface area contributed by atoms with Crippen LogP contribution in [0.4, 0.5) is 5.82 Å². The van der Waals surface area contributed by atoms with Crippen LogP contribution in [0.3, 0.4) is 0 Å². The zero-order chi connectivity index (χ0) is 10.1. The molecule has 0 radical (unpaired) electrons. The molecule has 1 amide bonds. The van der Waals surface area contributed by atoms with Crippen molar-refractivity contribution < 1.29 is 9.59 Å². The summed E-state index contributed by atoms with van der Waals surface area (Å²) in [5.41, 5.74) is 0.692. The molecule has 0 aliphatic carbocycles. The standard InChI is InChI=1S/C8H6ClN3O2/c9-7-4-1-2-6(14)12-8(4)11-5(3-13)10-7/h3H,1-2H2,(H,10,11,12,14). The molecule has 1 aromatic rings. The highest BCUT2D eigenvalue weighted by Gasteiger charge is 2.20. The van der Waals surface area contributed by atoms with Crippen LogP contribution in [-0.4, -0.2) is 22.2 Å². The lowest BCUT2D eigenvalue weighted by atomic mass is 10.1. The van der Waals surface area contributed by atoms with Gasteiger partial charge in [-0.05, 0) is 6.42 Å². The van der Waals surface area contributed by atoms with Crippen LogP contribution >= 0.6 is 11.6 Å². The van der Waals surface area contributed by atoms with E-state index in [2.05, 4.69) is 15.3 Å². The van der Waals surface area contributed by atoms with E-state index in [1.54, 1.807) is 0 Å². The summed E-state index contributed by atoms with van der Waals surface area (Å²) in [5, 5.41) is 2.78. The van der Waals surface area contributed by atoms with E-state index in [0.29, 0.717) is 30.5 Å². The predicted octanol–water partition coefficient (Wildman–Crippen LogP) is 0.827. The van der Waals surface area contributed by atoms with E-state index >= 15 is 0 Å². The molecule has 14 heavy (non-hydrogen) atoms. The molecule has 1 aromatic heterocycles. The number of carbonyl (C=O) groups excluding carboxylic acids is 2. The minimum absolute atomic E-state index is 0.0176. The van der Waals surface area contributed by atoms with E-state index in [0.717, 1.165) is 0 Å². The van der Waals surface area contributed by atoms with Crippen molar-refractivity contribution >= 4 is 29.6 Å². The molecule has 0 fully saturated rings. The fourth-order valence-corrected chi connectivity index (χ4v) is 1.55. The van der Waals surface area contributed by atoms with Gasteiger partial charge in [0.05, 0.1) is 0 Å². The summed E-state index contributed by atoms with van der Waals surface area (Å²) in [4.78, 5) is 29.1. The van der Waals surface area contributed by atoms with Gasteiger partial charge in [0.15, 0.2) is 12.1 Å². The van der Waals surface area contributed by atoms with Crippen LogP contribution in [0.1, 0.15) is 22.6 Å². The second kappa shape index (κ2) is 3.34. The number of aromatic nitrogens is 2. The summed E-state index contributed by atoms with van der Waals surface area (Å²) in [6.45, 7) is 0. The van der Waals surface area contributed by atoms with Crippen LogP contribution in [0, 0.1) is 0 Å². The first-order valence-corrected chi connectivity index (χ1v) is 4.40. The third-order valence-electron chi connectivity index (χ3n) is 1.94. The van der Waals surface area contributed by atoms with Gasteiger partial charge < -0.3 is 5.32 Å². The van der Waals surface area contributed by atoms with Crippen LogP contribution in [-0.2, 0) is 11.2 Å². The van der Waals surface area contributed by atoms with E-state index in [-0.39, 0.29) is 16.9 Å². The van der Waals surface area contributed by atoms with Crippen molar-refractivity contribution in [2.24, 2.45) is 0 Å². The van der Waals surface area contributed by atoms with E-state index < -0.39 is 0 Å². The number of hydrogen-bond donors (Lipinski definition) is 1. The van der Waals surface area contributed by atoms with E-state index in [1.807, 2.05) is 0 Å². The average Bonchev–Trinajstić information content (AvgIpc) is 2.16. The number of aldehydes is 1. The number of anilines is 1. The largest absolute Gasteiger partial charge is 0.310 e. The van der Waals surface area contributed by atoms with Crippen LogP contribution in [0.2, 0.25) is 5.15 Å². The van der Waals surface area contributed by atoms with Crippen molar-refractivity contribution in [2.75, 3.05) is 5.32 Å². The topological polar surface area (TPSA) is 72.0 Å². The number of rotatable bonds is 1. The Morgan fingerprint density at radius 1 is 1.36 bits per heavy atom. The molecule has 72 valence electrons. The van der Waals surface area contributed by atoms with Crippen molar-refractivity contribution in [3.8, 4) is 0 Å². The molecular weight excluding hydrogens is 206 g/mol. The number of hydrogen-bond acceptors (Lipinski definition) is 4. The lowest BCUT2D eigenvalue weighted by Gasteiger charge is -2.15. The van der Waals surface area contributed by atoms with Crippen molar-refractivity contribution in [1.82, 2.24) is 9.97 Å². The maximum Gasteiger partial charge on any atom is 0.225 e. The zero-order valence-corrected chi connectivity index (χ0v) is 7.84. The number of fused-ring (bicyclic) bond motifs is 1. The second-order valence-corrected chi connectivity index (χ2v) is 3.22. The third-order valence-corrected chi connectivity index (χ3v) is 2.25. The Labute approximate surface area is 84.5 Å². The smallest absolute Gasteiger partial charge is 0.225 e. The minimum Gasteiger partial charge on any atom is -0.310 e. The molecule has 1 N–H and O–H groups in total. The highest BCUT2D eigenvalue weighted by molar-refractivity contribution is 6.30. The third kappa shape index (κ3) is 1.46. The highest BCUT2D eigenvalue weighted by Crippen LogP contribution is 2.25. The Hall–Kier alpha value is -1.49. The molecule has 0 saturated heterocycles.